The third kappa shape index (κ3) is 15.3. The van der Waals surface area contributed by atoms with Crippen LogP contribution in [0.25, 0.3) is 5.57 Å². The second-order valence-corrected chi connectivity index (χ2v) is 14.1. The minimum absolute atomic E-state index is 0. The fourth-order valence-corrected chi connectivity index (χ4v) is 7.37. The van der Waals surface area contributed by atoms with E-state index in [1.807, 2.05) is 0 Å². The van der Waals surface area contributed by atoms with Gasteiger partial charge in [0.1, 0.15) is 12.2 Å². The van der Waals surface area contributed by atoms with Crippen LogP contribution in [0.3, 0.4) is 0 Å². The molecule has 0 N–H and O–H groups in total. The van der Waals surface area contributed by atoms with Crippen molar-refractivity contribution in [2.24, 2.45) is 5.92 Å². The maximum absolute atomic E-state index is 13.2. The molecule has 0 saturated carbocycles. The Hall–Kier alpha value is -0.780. The highest BCUT2D eigenvalue weighted by atomic mass is 127. The molecule has 1 aromatic heterocycles. The van der Waals surface area contributed by atoms with Crippen molar-refractivity contribution in [2.75, 3.05) is 40.0 Å². The molecule has 0 aromatic carbocycles. The van der Waals surface area contributed by atoms with Gasteiger partial charge in [-0.1, -0.05) is 116 Å². The third-order valence-corrected chi connectivity index (χ3v) is 10.1. The molecular weight excluding hydrogens is 697 g/mol. The number of hydrogen-bond acceptors (Lipinski definition) is 7. The number of nitrogens with zero attached hydrogens (tertiary/aromatic N) is 3. The molecule has 0 spiro atoms. The van der Waals surface area contributed by atoms with Gasteiger partial charge in [-0.25, -0.2) is 0 Å². The van der Waals surface area contributed by atoms with Crippen LogP contribution in [0.5, 0.6) is 5.88 Å². The molecular formula is C36H64IN3O4S. The Balaban J connectivity index is 0.00000705. The van der Waals surface area contributed by atoms with Crippen LogP contribution < -0.4 is 28.7 Å². The van der Waals surface area contributed by atoms with Crippen LogP contribution in [0.15, 0.2) is 6.08 Å². The fraction of sp³-hybridized carbons (Fsp3) is 0.861. The van der Waals surface area contributed by atoms with Crippen molar-refractivity contribution in [3.63, 3.8) is 0 Å². The molecule has 0 aliphatic carbocycles. The lowest BCUT2D eigenvalue weighted by Gasteiger charge is -2.46. The number of esters is 1. The number of carbonyl (C=O) groups excluding carboxylic acids is 1. The Labute approximate surface area is 296 Å². The second-order valence-electron chi connectivity index (χ2n) is 13.5. The number of carbonyl (C=O) groups is 1. The van der Waals surface area contributed by atoms with Crippen LogP contribution in [-0.4, -0.2) is 65.4 Å². The summed E-state index contributed by atoms with van der Waals surface area (Å²) in [5.41, 5.74) is 2.04. The van der Waals surface area contributed by atoms with E-state index in [0.29, 0.717) is 29.3 Å². The van der Waals surface area contributed by atoms with E-state index >= 15 is 0 Å². The average Bonchev–Trinajstić information content (AvgIpc) is 3.51. The Bertz CT molecular complexity index is 939. The molecule has 2 aliphatic heterocycles. The lowest BCUT2D eigenvalue weighted by atomic mass is 9.93. The molecule has 45 heavy (non-hydrogen) atoms. The zero-order chi connectivity index (χ0) is 31.3. The monoisotopic (exact) mass is 761 g/mol. The van der Waals surface area contributed by atoms with Gasteiger partial charge in [0.2, 0.25) is 6.23 Å². The molecule has 3 rings (SSSR count). The highest BCUT2D eigenvalue weighted by Crippen LogP contribution is 2.36. The van der Waals surface area contributed by atoms with Crippen molar-refractivity contribution in [3.8, 4) is 5.88 Å². The number of aromatic nitrogens is 2. The van der Waals surface area contributed by atoms with Crippen molar-refractivity contribution < 1.29 is 47.5 Å². The van der Waals surface area contributed by atoms with Gasteiger partial charge in [0.05, 0.1) is 37.8 Å². The summed E-state index contributed by atoms with van der Waals surface area (Å²) >= 11 is 1.22. The highest BCUT2D eigenvalue weighted by Gasteiger charge is 2.44. The predicted octanol–water partition coefficient (Wildman–Crippen LogP) is 6.51. The summed E-state index contributed by atoms with van der Waals surface area (Å²) in [6.45, 7) is 8.38. The van der Waals surface area contributed by atoms with Crippen molar-refractivity contribution in [2.45, 2.75) is 155 Å². The van der Waals surface area contributed by atoms with Gasteiger partial charge in [-0.2, -0.15) is 4.37 Å². The number of halogens is 1. The van der Waals surface area contributed by atoms with Crippen LogP contribution in [0.2, 0.25) is 0 Å². The van der Waals surface area contributed by atoms with Gasteiger partial charge in [0.15, 0.2) is 0 Å². The Kier molecular flexibility index (Phi) is 21.9. The first-order valence-corrected chi connectivity index (χ1v) is 19.1. The van der Waals surface area contributed by atoms with E-state index in [9.17, 15) is 4.79 Å². The number of likely N-dealkylation sites (N-methyl/N-ethyl adjacent to an activating group) is 1. The molecule has 2 aliphatic rings. The second kappa shape index (κ2) is 24.4. The average molecular weight is 762 g/mol. The van der Waals surface area contributed by atoms with Crippen LogP contribution in [-0.2, 0) is 14.3 Å². The molecule has 3 heterocycles. The number of ether oxygens (including phenoxy) is 3. The zero-order valence-corrected chi connectivity index (χ0v) is 31.9. The van der Waals surface area contributed by atoms with Gasteiger partial charge < -0.3 is 38.2 Å². The van der Waals surface area contributed by atoms with E-state index in [1.54, 1.807) is 0 Å². The van der Waals surface area contributed by atoms with E-state index in [0.717, 1.165) is 70.5 Å². The summed E-state index contributed by atoms with van der Waals surface area (Å²) in [4.78, 5) is 13.2. The molecule has 1 saturated heterocycles. The lowest BCUT2D eigenvalue weighted by molar-refractivity contribution is -0.951. The fourth-order valence-electron chi connectivity index (χ4n) is 6.84. The van der Waals surface area contributed by atoms with Crippen LogP contribution in [0.4, 0.5) is 0 Å². The first kappa shape index (κ1) is 40.4. The summed E-state index contributed by atoms with van der Waals surface area (Å²) in [6, 6.07) is 0. The van der Waals surface area contributed by atoms with Gasteiger partial charge in [-0.15, -0.1) is 4.37 Å². The molecule has 9 heteroatoms. The van der Waals surface area contributed by atoms with E-state index in [2.05, 4.69) is 35.7 Å². The molecule has 1 fully saturated rings. The maximum atomic E-state index is 13.2. The standard InChI is InChI=1S/C36H64N3O4S.HI/c1-4-6-8-10-11-12-13-14-15-16-17-18-19-23-33(40)43-36(31-24-28-41-29-25-31)39(3)26-21-22-32(30-39)34-35(38-44-37-34)42-27-20-9-7-5-2;/h22,31,36H,4-21,23-30H2,1-3H3;1H/q+1;/p-1. The summed E-state index contributed by atoms with van der Waals surface area (Å²) < 4.78 is 28.0. The first-order chi connectivity index (χ1) is 21.6. The summed E-state index contributed by atoms with van der Waals surface area (Å²) in [6.07, 6.45) is 27.1. The van der Waals surface area contributed by atoms with Gasteiger partial charge in [0.25, 0.3) is 5.88 Å². The van der Waals surface area contributed by atoms with E-state index in [-0.39, 0.29) is 36.2 Å². The third-order valence-electron chi connectivity index (χ3n) is 9.58. The zero-order valence-electron chi connectivity index (χ0n) is 28.9. The molecule has 0 amide bonds. The van der Waals surface area contributed by atoms with Crippen LogP contribution >= 0.6 is 11.7 Å². The van der Waals surface area contributed by atoms with E-state index in [4.69, 9.17) is 14.2 Å². The lowest BCUT2D eigenvalue weighted by Crippen LogP contribution is -3.00. The molecule has 1 aromatic rings. The number of rotatable bonds is 24. The minimum atomic E-state index is -0.165. The van der Waals surface area contributed by atoms with Crippen molar-refractivity contribution in [1.29, 1.82) is 0 Å². The van der Waals surface area contributed by atoms with Gasteiger partial charge in [-0.05, 0) is 25.7 Å². The van der Waals surface area contributed by atoms with Crippen LogP contribution in [0.1, 0.15) is 154 Å². The number of unbranched alkanes of at least 4 members (excludes halogenated alkanes) is 15. The molecule has 0 bridgehead atoms. The van der Waals surface area contributed by atoms with E-state index in [1.165, 1.54) is 107 Å². The first-order valence-electron chi connectivity index (χ1n) is 18.3. The SMILES string of the molecule is CCCCCCCCCCCCCCCC(=O)OC(C1CCOCC1)[N+]1(C)CCC=C(c2nsnc2OCCCCCC)C1.[I-]. The molecule has 260 valence electrons. The number of quaternary nitrogens is 1. The van der Waals surface area contributed by atoms with Crippen LogP contribution in [0, 0.1) is 5.92 Å². The molecule has 0 radical (unpaired) electrons. The van der Waals surface area contributed by atoms with Gasteiger partial charge in [-0.3, -0.25) is 9.28 Å². The smallest absolute Gasteiger partial charge is 0.310 e. The van der Waals surface area contributed by atoms with Crippen molar-refractivity contribution in [1.82, 2.24) is 8.75 Å². The maximum Gasteiger partial charge on any atom is 0.310 e. The summed E-state index contributed by atoms with van der Waals surface area (Å²) in [5.74, 6) is 0.936. The topological polar surface area (TPSA) is 70.5 Å². The van der Waals surface area contributed by atoms with Crippen molar-refractivity contribution >= 4 is 23.3 Å². The molecule has 7 nitrogen and oxygen atoms in total. The van der Waals surface area contributed by atoms with Gasteiger partial charge in [0, 0.05) is 31.6 Å². The predicted molar refractivity (Wildman–Crippen MR) is 182 cm³/mol. The highest BCUT2D eigenvalue weighted by molar-refractivity contribution is 6.99. The largest absolute Gasteiger partial charge is 1.00 e. The molecule has 2 unspecified atom stereocenters. The Morgan fingerprint density at radius 3 is 2.09 bits per heavy atom. The number of hydrogen-bond donors (Lipinski definition) is 0. The summed E-state index contributed by atoms with van der Waals surface area (Å²) in [5, 5.41) is 0. The van der Waals surface area contributed by atoms with Crippen molar-refractivity contribution in [3.05, 3.63) is 11.8 Å². The van der Waals surface area contributed by atoms with E-state index < -0.39 is 0 Å². The Morgan fingerprint density at radius 2 is 1.47 bits per heavy atom. The minimum Gasteiger partial charge on any atom is -1.00 e. The normalized spacial score (nSPS) is 19.5. The Morgan fingerprint density at radius 1 is 0.889 bits per heavy atom. The van der Waals surface area contributed by atoms with Gasteiger partial charge >= 0.3 is 5.97 Å². The molecule has 2 atom stereocenters. The summed E-state index contributed by atoms with van der Waals surface area (Å²) in [7, 11) is 2.26. The quantitative estimate of drug-likeness (QED) is 0.0518.